The predicted octanol–water partition coefficient (Wildman–Crippen LogP) is 2.84. The number of benzene rings is 2. The molecule has 0 atom stereocenters. The molecule has 3 rings (SSSR count). The second-order valence-electron chi connectivity index (χ2n) is 6.31. The summed E-state index contributed by atoms with van der Waals surface area (Å²) in [5.74, 6) is 0.690. The zero-order chi connectivity index (χ0) is 17.6. The summed E-state index contributed by atoms with van der Waals surface area (Å²) in [6.45, 7) is 1.59. The number of piperidine rings is 1. The van der Waals surface area contributed by atoms with Gasteiger partial charge in [0.25, 0.3) is 0 Å². The van der Waals surface area contributed by atoms with Crippen LogP contribution in [0.25, 0.3) is 0 Å². The van der Waals surface area contributed by atoms with Crippen LogP contribution in [-0.2, 0) is 11.2 Å². The Balaban J connectivity index is 1.69. The van der Waals surface area contributed by atoms with Gasteiger partial charge in [0.1, 0.15) is 5.75 Å². The second kappa shape index (κ2) is 8.03. The Bertz CT molecular complexity index is 724. The lowest BCUT2D eigenvalue weighted by Crippen LogP contribution is -2.36. The highest BCUT2D eigenvalue weighted by Crippen LogP contribution is 2.28. The van der Waals surface area contributed by atoms with Crippen LogP contribution in [0.3, 0.4) is 0 Å². The summed E-state index contributed by atoms with van der Waals surface area (Å²) in [7, 11) is 1.62. The number of nitrogens with one attached hydrogen (secondary N) is 1. The lowest BCUT2D eigenvalue weighted by Gasteiger charge is -2.32. The molecule has 1 saturated heterocycles. The standard InChI is InChI=1S/C20H24N2O3/c1-25-17-6-4-5-15(13-17)14-20(24)21-18-7-2-3-8-19(18)22-11-9-16(23)10-12-22/h2-8,13,16,23H,9-12,14H2,1H3,(H,21,24). The number of ether oxygens (including phenoxy) is 1. The molecule has 132 valence electrons. The average Bonchev–Trinajstić information content (AvgIpc) is 2.63. The molecule has 0 aliphatic carbocycles. The third-order valence-electron chi connectivity index (χ3n) is 4.48. The van der Waals surface area contributed by atoms with E-state index in [-0.39, 0.29) is 12.0 Å². The maximum absolute atomic E-state index is 12.5. The SMILES string of the molecule is COc1cccc(CC(=O)Nc2ccccc2N2CCC(O)CC2)c1. The van der Waals surface area contributed by atoms with Gasteiger partial charge in [-0.1, -0.05) is 24.3 Å². The van der Waals surface area contributed by atoms with E-state index >= 15 is 0 Å². The molecule has 0 spiro atoms. The Morgan fingerprint density at radius 2 is 1.96 bits per heavy atom. The van der Waals surface area contributed by atoms with Crippen LogP contribution in [0.15, 0.2) is 48.5 Å². The molecule has 5 heteroatoms. The average molecular weight is 340 g/mol. The molecule has 1 aliphatic rings. The van der Waals surface area contributed by atoms with Gasteiger partial charge in [0.2, 0.25) is 5.91 Å². The number of hydrogen-bond donors (Lipinski definition) is 2. The molecule has 0 aromatic heterocycles. The monoisotopic (exact) mass is 340 g/mol. The van der Waals surface area contributed by atoms with Crippen molar-refractivity contribution in [3.8, 4) is 5.75 Å². The summed E-state index contributed by atoms with van der Waals surface area (Å²) in [6.07, 6.45) is 1.59. The predicted molar refractivity (Wildman–Crippen MR) is 99.2 cm³/mol. The fourth-order valence-corrected chi connectivity index (χ4v) is 3.12. The number of amides is 1. The number of rotatable bonds is 5. The normalized spacial score (nSPS) is 15.0. The number of carbonyl (C=O) groups is 1. The second-order valence-corrected chi connectivity index (χ2v) is 6.31. The van der Waals surface area contributed by atoms with Gasteiger partial charge < -0.3 is 20.1 Å². The van der Waals surface area contributed by atoms with Crippen LogP contribution >= 0.6 is 0 Å². The number of anilines is 2. The molecular formula is C20H24N2O3. The highest BCUT2D eigenvalue weighted by Gasteiger charge is 2.19. The van der Waals surface area contributed by atoms with Crippen LogP contribution in [0.2, 0.25) is 0 Å². The third-order valence-corrected chi connectivity index (χ3v) is 4.48. The summed E-state index contributed by atoms with van der Waals surface area (Å²) in [5, 5.41) is 12.7. The van der Waals surface area contributed by atoms with Gasteiger partial charge in [0, 0.05) is 13.1 Å². The van der Waals surface area contributed by atoms with Gasteiger partial charge in [-0.05, 0) is 42.7 Å². The highest BCUT2D eigenvalue weighted by molar-refractivity contribution is 5.95. The van der Waals surface area contributed by atoms with E-state index in [1.165, 1.54) is 0 Å². The lowest BCUT2D eigenvalue weighted by atomic mass is 10.1. The van der Waals surface area contributed by atoms with Crippen molar-refractivity contribution in [3.63, 3.8) is 0 Å². The molecule has 0 radical (unpaired) electrons. The molecule has 2 N–H and O–H groups in total. The number of aliphatic hydroxyl groups is 1. The van der Waals surface area contributed by atoms with E-state index in [9.17, 15) is 9.90 Å². The molecule has 1 heterocycles. The van der Waals surface area contributed by atoms with Gasteiger partial charge in [-0.15, -0.1) is 0 Å². The summed E-state index contributed by atoms with van der Waals surface area (Å²) < 4.78 is 5.20. The Labute approximate surface area is 148 Å². The number of aliphatic hydroxyl groups excluding tert-OH is 1. The lowest BCUT2D eigenvalue weighted by molar-refractivity contribution is -0.115. The molecule has 2 aromatic rings. The van der Waals surface area contributed by atoms with Crippen molar-refractivity contribution in [2.24, 2.45) is 0 Å². The van der Waals surface area contributed by atoms with Crippen LogP contribution in [0, 0.1) is 0 Å². The van der Waals surface area contributed by atoms with Crippen LogP contribution in [0.4, 0.5) is 11.4 Å². The van der Waals surface area contributed by atoms with Crippen molar-refractivity contribution in [2.75, 3.05) is 30.4 Å². The molecule has 5 nitrogen and oxygen atoms in total. The van der Waals surface area contributed by atoms with E-state index in [1.807, 2.05) is 48.5 Å². The van der Waals surface area contributed by atoms with E-state index in [4.69, 9.17) is 4.74 Å². The van der Waals surface area contributed by atoms with Gasteiger partial charge >= 0.3 is 0 Å². The maximum Gasteiger partial charge on any atom is 0.228 e. The zero-order valence-corrected chi connectivity index (χ0v) is 14.4. The van der Waals surface area contributed by atoms with Gasteiger partial charge in [-0.2, -0.15) is 0 Å². The first kappa shape index (κ1) is 17.3. The first-order chi connectivity index (χ1) is 12.2. The molecule has 0 unspecified atom stereocenters. The van der Waals surface area contributed by atoms with Gasteiger partial charge in [0.15, 0.2) is 0 Å². The van der Waals surface area contributed by atoms with Crippen molar-refractivity contribution in [1.29, 1.82) is 0 Å². The third kappa shape index (κ3) is 4.51. The van der Waals surface area contributed by atoms with Crippen molar-refractivity contribution in [1.82, 2.24) is 0 Å². The minimum atomic E-state index is -0.217. The number of hydrogen-bond acceptors (Lipinski definition) is 4. The summed E-state index contributed by atoms with van der Waals surface area (Å²) in [5.41, 5.74) is 2.73. The maximum atomic E-state index is 12.5. The minimum absolute atomic E-state index is 0.0576. The van der Waals surface area contributed by atoms with Crippen molar-refractivity contribution < 1.29 is 14.6 Å². The molecular weight excluding hydrogens is 316 g/mol. The molecule has 0 saturated carbocycles. The smallest absolute Gasteiger partial charge is 0.228 e. The highest BCUT2D eigenvalue weighted by atomic mass is 16.5. The van der Waals surface area contributed by atoms with E-state index in [0.29, 0.717) is 6.42 Å². The number of para-hydroxylation sites is 2. The molecule has 25 heavy (non-hydrogen) atoms. The Morgan fingerprint density at radius 3 is 2.72 bits per heavy atom. The number of methoxy groups -OCH3 is 1. The van der Waals surface area contributed by atoms with Crippen LogP contribution in [0.1, 0.15) is 18.4 Å². The largest absolute Gasteiger partial charge is 0.497 e. The zero-order valence-electron chi connectivity index (χ0n) is 14.4. The van der Waals surface area contributed by atoms with Gasteiger partial charge in [-0.3, -0.25) is 4.79 Å². The quantitative estimate of drug-likeness (QED) is 0.879. The van der Waals surface area contributed by atoms with Gasteiger partial charge in [0.05, 0.1) is 31.0 Å². The Kier molecular flexibility index (Phi) is 5.56. The van der Waals surface area contributed by atoms with E-state index < -0.39 is 0 Å². The van der Waals surface area contributed by atoms with Crippen molar-refractivity contribution in [2.45, 2.75) is 25.4 Å². The molecule has 2 aromatic carbocycles. The fourth-order valence-electron chi connectivity index (χ4n) is 3.12. The molecule has 1 fully saturated rings. The fraction of sp³-hybridized carbons (Fsp3) is 0.350. The summed E-state index contributed by atoms with van der Waals surface area (Å²) >= 11 is 0. The van der Waals surface area contributed by atoms with Crippen LogP contribution in [0.5, 0.6) is 5.75 Å². The van der Waals surface area contributed by atoms with Crippen molar-refractivity contribution >= 4 is 17.3 Å². The van der Waals surface area contributed by atoms with Gasteiger partial charge in [-0.25, -0.2) is 0 Å². The summed E-state index contributed by atoms with van der Waals surface area (Å²) in [6, 6.07) is 15.4. The minimum Gasteiger partial charge on any atom is -0.497 e. The number of nitrogens with zero attached hydrogens (tertiary/aromatic N) is 1. The first-order valence-electron chi connectivity index (χ1n) is 8.60. The van der Waals surface area contributed by atoms with E-state index in [2.05, 4.69) is 10.2 Å². The first-order valence-corrected chi connectivity index (χ1v) is 8.60. The molecule has 1 aliphatic heterocycles. The van der Waals surface area contributed by atoms with E-state index in [0.717, 1.165) is 48.6 Å². The molecule has 0 bridgehead atoms. The Morgan fingerprint density at radius 1 is 1.20 bits per heavy atom. The summed E-state index contributed by atoms with van der Waals surface area (Å²) in [4.78, 5) is 14.7. The number of carbonyl (C=O) groups excluding carboxylic acids is 1. The van der Waals surface area contributed by atoms with Crippen LogP contribution in [-0.4, -0.2) is 37.3 Å². The van der Waals surface area contributed by atoms with Crippen molar-refractivity contribution in [3.05, 3.63) is 54.1 Å². The Hall–Kier alpha value is -2.53. The topological polar surface area (TPSA) is 61.8 Å². The molecule has 1 amide bonds. The van der Waals surface area contributed by atoms with E-state index in [1.54, 1.807) is 7.11 Å². The van der Waals surface area contributed by atoms with Crippen LogP contribution < -0.4 is 15.0 Å².